The molecule has 0 amide bonds. The van der Waals surface area contributed by atoms with E-state index >= 15 is 0 Å². The number of aromatic amines is 2. The van der Waals surface area contributed by atoms with E-state index in [0.717, 1.165) is 69.7 Å². The van der Waals surface area contributed by atoms with Gasteiger partial charge in [0.1, 0.15) is 18.1 Å². The minimum Gasteiger partial charge on any atom is -0.491 e. The van der Waals surface area contributed by atoms with Gasteiger partial charge in [0.05, 0.1) is 40.8 Å². The fraction of sp³-hybridized carbons (Fsp3) is 0.214. The van der Waals surface area contributed by atoms with Gasteiger partial charge < -0.3 is 9.72 Å². The Kier molecular flexibility index (Phi) is 5.71. The van der Waals surface area contributed by atoms with Crippen LogP contribution >= 0.6 is 0 Å². The highest BCUT2D eigenvalue weighted by Gasteiger charge is 2.17. The normalized spacial score (nSPS) is 14.0. The molecule has 10 heteroatoms. The van der Waals surface area contributed by atoms with Crippen molar-refractivity contribution in [3.63, 3.8) is 0 Å². The van der Waals surface area contributed by atoms with Crippen LogP contribution in [0.4, 0.5) is 0 Å². The van der Waals surface area contributed by atoms with E-state index in [9.17, 15) is 0 Å². The summed E-state index contributed by atoms with van der Waals surface area (Å²) in [5, 5.41) is 8.55. The lowest BCUT2D eigenvalue weighted by Gasteiger charge is -2.15. The Morgan fingerprint density at radius 1 is 0.868 bits per heavy atom. The second kappa shape index (κ2) is 9.64. The second-order valence-corrected chi connectivity index (χ2v) is 9.40. The third-order valence-electron chi connectivity index (χ3n) is 6.94. The van der Waals surface area contributed by atoms with Crippen LogP contribution in [0.2, 0.25) is 0 Å². The molecule has 7 rings (SSSR count). The van der Waals surface area contributed by atoms with Crippen LogP contribution in [0.25, 0.3) is 55.8 Å². The molecule has 10 nitrogen and oxygen atoms in total. The van der Waals surface area contributed by atoms with E-state index in [4.69, 9.17) is 9.72 Å². The van der Waals surface area contributed by atoms with Crippen molar-refractivity contribution in [2.24, 2.45) is 0 Å². The van der Waals surface area contributed by atoms with Crippen molar-refractivity contribution in [1.29, 1.82) is 0 Å². The first-order valence-corrected chi connectivity index (χ1v) is 12.7. The smallest absolute Gasteiger partial charge is 0.159 e. The standard InChI is InChI=1S/C28H25N9O/c1-2-8-37(7-1)9-10-38-20-11-19(13-30-14-20)23-12-21-24(17-32-23)35-36-27(21)28-33-25-16-31-15-22(26(25)34-28)18-3-5-29-6-4-18/h3-6,11-17H,1-2,7-10H2,(H,33,34)(H,35,36). The third kappa shape index (κ3) is 4.24. The van der Waals surface area contributed by atoms with Gasteiger partial charge in [-0.15, -0.1) is 0 Å². The van der Waals surface area contributed by atoms with Gasteiger partial charge in [-0.1, -0.05) is 0 Å². The molecule has 0 spiro atoms. The molecule has 0 aliphatic carbocycles. The molecule has 1 aliphatic heterocycles. The number of nitrogens with zero attached hydrogens (tertiary/aromatic N) is 7. The summed E-state index contributed by atoms with van der Waals surface area (Å²) < 4.78 is 6.00. The van der Waals surface area contributed by atoms with E-state index < -0.39 is 0 Å². The summed E-state index contributed by atoms with van der Waals surface area (Å²) in [5.74, 6) is 1.40. The van der Waals surface area contributed by atoms with Crippen LogP contribution in [0, 0.1) is 0 Å². The molecule has 0 bridgehead atoms. The average Bonchev–Trinajstić information content (AvgIpc) is 3.73. The maximum Gasteiger partial charge on any atom is 0.159 e. The lowest BCUT2D eigenvalue weighted by atomic mass is 10.1. The van der Waals surface area contributed by atoms with Crippen LogP contribution in [-0.2, 0) is 0 Å². The van der Waals surface area contributed by atoms with Gasteiger partial charge in [-0.25, -0.2) is 4.98 Å². The first kappa shape index (κ1) is 22.5. The zero-order valence-electron chi connectivity index (χ0n) is 20.6. The third-order valence-corrected chi connectivity index (χ3v) is 6.94. The zero-order valence-corrected chi connectivity index (χ0v) is 20.6. The molecule has 0 saturated carbocycles. The fourth-order valence-corrected chi connectivity index (χ4v) is 4.98. The van der Waals surface area contributed by atoms with E-state index in [2.05, 4.69) is 40.0 Å². The number of imidazole rings is 1. The Morgan fingerprint density at radius 2 is 1.74 bits per heavy atom. The Labute approximate surface area is 218 Å². The molecule has 2 N–H and O–H groups in total. The van der Waals surface area contributed by atoms with Crippen LogP contribution < -0.4 is 4.74 Å². The molecule has 1 saturated heterocycles. The first-order valence-electron chi connectivity index (χ1n) is 12.7. The van der Waals surface area contributed by atoms with Gasteiger partial charge in [0.15, 0.2) is 5.82 Å². The number of fused-ring (bicyclic) bond motifs is 2. The highest BCUT2D eigenvalue weighted by atomic mass is 16.5. The van der Waals surface area contributed by atoms with Crippen LogP contribution in [0.1, 0.15) is 12.8 Å². The van der Waals surface area contributed by atoms with Gasteiger partial charge in [-0.2, -0.15) is 5.10 Å². The van der Waals surface area contributed by atoms with Crippen LogP contribution in [0.5, 0.6) is 5.75 Å². The van der Waals surface area contributed by atoms with Gasteiger partial charge in [0.2, 0.25) is 0 Å². The van der Waals surface area contributed by atoms with E-state index in [-0.39, 0.29) is 0 Å². The summed E-state index contributed by atoms with van der Waals surface area (Å²) in [6.45, 7) is 3.89. The summed E-state index contributed by atoms with van der Waals surface area (Å²) in [4.78, 5) is 28.3. The molecule has 38 heavy (non-hydrogen) atoms. The lowest BCUT2D eigenvalue weighted by molar-refractivity contribution is 0.237. The van der Waals surface area contributed by atoms with Crippen LogP contribution in [0.3, 0.4) is 0 Å². The number of hydrogen-bond donors (Lipinski definition) is 2. The molecule has 0 unspecified atom stereocenters. The summed E-state index contributed by atoms with van der Waals surface area (Å²) in [6, 6.07) is 7.89. The summed E-state index contributed by atoms with van der Waals surface area (Å²) in [7, 11) is 0. The molecule has 1 aliphatic rings. The number of pyridine rings is 4. The number of nitrogens with one attached hydrogen (secondary N) is 2. The van der Waals surface area contributed by atoms with Gasteiger partial charge in [0, 0.05) is 47.8 Å². The minimum atomic E-state index is 0.645. The number of ether oxygens (including phenoxy) is 1. The first-order chi connectivity index (χ1) is 18.8. The SMILES string of the molecule is c1cc(-c2cncc3[nH]c(-c4n[nH]c5cnc(-c6cncc(OCCN7CCCC7)c6)cc45)nc23)ccn1. The van der Waals surface area contributed by atoms with Crippen molar-refractivity contribution in [3.05, 3.63) is 67.6 Å². The Morgan fingerprint density at radius 3 is 2.63 bits per heavy atom. The molecule has 0 atom stereocenters. The number of aromatic nitrogens is 8. The molecule has 6 aromatic heterocycles. The molecule has 0 aromatic carbocycles. The van der Waals surface area contributed by atoms with Gasteiger partial charge >= 0.3 is 0 Å². The zero-order chi connectivity index (χ0) is 25.3. The van der Waals surface area contributed by atoms with E-state index in [0.29, 0.717) is 18.1 Å². The monoisotopic (exact) mass is 503 g/mol. The summed E-state index contributed by atoms with van der Waals surface area (Å²) >= 11 is 0. The Hall–Kier alpha value is -4.70. The van der Waals surface area contributed by atoms with Gasteiger partial charge in [-0.3, -0.25) is 29.9 Å². The molecule has 1 fully saturated rings. The van der Waals surface area contributed by atoms with Crippen molar-refractivity contribution in [1.82, 2.24) is 45.0 Å². The number of rotatable bonds is 7. The molecule has 0 radical (unpaired) electrons. The molecular weight excluding hydrogens is 478 g/mol. The molecular formula is C28H25N9O. The Bertz CT molecular complexity index is 1720. The van der Waals surface area contributed by atoms with Gasteiger partial charge in [-0.05, 0) is 55.8 Å². The quantitative estimate of drug-likeness (QED) is 0.327. The van der Waals surface area contributed by atoms with Crippen molar-refractivity contribution in [3.8, 4) is 39.7 Å². The van der Waals surface area contributed by atoms with E-state index in [1.165, 1.54) is 12.8 Å². The molecule has 7 heterocycles. The largest absolute Gasteiger partial charge is 0.491 e. The summed E-state index contributed by atoms with van der Waals surface area (Å²) in [5.41, 5.74) is 6.80. The van der Waals surface area contributed by atoms with Crippen molar-refractivity contribution < 1.29 is 4.74 Å². The van der Waals surface area contributed by atoms with Crippen molar-refractivity contribution >= 4 is 21.9 Å². The van der Waals surface area contributed by atoms with Crippen molar-refractivity contribution in [2.75, 3.05) is 26.2 Å². The maximum atomic E-state index is 6.00. The number of H-pyrrole nitrogens is 2. The van der Waals surface area contributed by atoms with E-state index in [1.54, 1.807) is 37.2 Å². The Balaban J connectivity index is 1.20. The predicted octanol–water partition coefficient (Wildman–Crippen LogP) is 4.49. The minimum absolute atomic E-state index is 0.645. The highest BCUT2D eigenvalue weighted by Crippen LogP contribution is 2.32. The fourth-order valence-electron chi connectivity index (χ4n) is 4.98. The van der Waals surface area contributed by atoms with Crippen molar-refractivity contribution in [2.45, 2.75) is 12.8 Å². The van der Waals surface area contributed by atoms with Crippen LogP contribution in [-0.4, -0.2) is 71.2 Å². The van der Waals surface area contributed by atoms with Gasteiger partial charge in [0.25, 0.3) is 0 Å². The highest BCUT2D eigenvalue weighted by molar-refractivity contribution is 5.97. The van der Waals surface area contributed by atoms with E-state index in [1.807, 2.05) is 30.5 Å². The average molecular weight is 504 g/mol. The van der Waals surface area contributed by atoms with Crippen LogP contribution in [0.15, 0.2) is 67.6 Å². The second-order valence-electron chi connectivity index (χ2n) is 9.40. The topological polar surface area (TPSA) is 121 Å². The maximum absolute atomic E-state index is 6.00. The summed E-state index contributed by atoms with van der Waals surface area (Å²) in [6.07, 6.45) is 15.0. The molecule has 6 aromatic rings. The lowest BCUT2D eigenvalue weighted by Crippen LogP contribution is -2.25. The molecule has 188 valence electrons. The number of likely N-dealkylation sites (tertiary alicyclic amines) is 1. The number of hydrogen-bond acceptors (Lipinski definition) is 8. The predicted molar refractivity (Wildman–Crippen MR) is 144 cm³/mol.